The van der Waals surface area contributed by atoms with Crippen LogP contribution >= 0.6 is 11.6 Å². The Hall–Kier alpha value is -2.45. The van der Waals surface area contributed by atoms with Gasteiger partial charge in [-0.1, -0.05) is 23.7 Å². The zero-order valence-corrected chi connectivity index (χ0v) is 13.1. The summed E-state index contributed by atoms with van der Waals surface area (Å²) < 4.78 is 41.9. The van der Waals surface area contributed by atoms with Gasteiger partial charge in [0.05, 0.1) is 16.4 Å². The number of para-hydroxylation sites is 2. The Morgan fingerprint density at radius 1 is 1.17 bits per heavy atom. The van der Waals surface area contributed by atoms with Gasteiger partial charge in [0.25, 0.3) is 10.0 Å². The molecular weight excluding hydrogens is 343 g/mol. The Bertz CT molecular complexity index is 945. The van der Waals surface area contributed by atoms with Crippen LogP contribution in [0.2, 0.25) is 5.02 Å². The summed E-state index contributed by atoms with van der Waals surface area (Å²) in [4.78, 5) is 3.62. The molecule has 0 fully saturated rings. The normalized spacial score (nSPS) is 11.4. The Morgan fingerprint density at radius 2 is 1.96 bits per heavy atom. The maximum Gasteiger partial charge on any atom is 0.263 e. The summed E-state index contributed by atoms with van der Waals surface area (Å²) in [5.41, 5.74) is 0.783. The number of halogens is 2. The van der Waals surface area contributed by atoms with E-state index in [1.807, 2.05) is 0 Å². The highest BCUT2D eigenvalue weighted by Crippen LogP contribution is 2.27. The molecule has 0 bridgehead atoms. The van der Waals surface area contributed by atoms with Gasteiger partial charge in [-0.3, -0.25) is 4.72 Å². The summed E-state index contributed by atoms with van der Waals surface area (Å²) in [7, 11) is -3.98. The molecule has 0 aliphatic heterocycles. The molecule has 118 valence electrons. The summed E-state index contributed by atoms with van der Waals surface area (Å²) in [5.74, 6) is -0.614. The van der Waals surface area contributed by atoms with Gasteiger partial charge >= 0.3 is 0 Å². The first-order valence-electron chi connectivity index (χ1n) is 6.39. The molecule has 0 unspecified atom stereocenters. The first kappa shape index (κ1) is 15.4. The molecule has 1 heterocycles. The second-order valence-electron chi connectivity index (χ2n) is 4.54. The van der Waals surface area contributed by atoms with E-state index in [0.29, 0.717) is 11.4 Å². The lowest BCUT2D eigenvalue weighted by Crippen LogP contribution is -2.15. The van der Waals surface area contributed by atoms with E-state index in [1.54, 1.807) is 24.3 Å². The van der Waals surface area contributed by atoms with Crippen molar-refractivity contribution in [1.82, 2.24) is 14.8 Å². The highest BCUT2D eigenvalue weighted by atomic mass is 35.5. The second-order valence-corrected chi connectivity index (χ2v) is 6.60. The number of hydrogen-bond donors (Lipinski definition) is 1. The lowest BCUT2D eigenvalue weighted by atomic mass is 10.3. The van der Waals surface area contributed by atoms with Crippen LogP contribution in [-0.4, -0.2) is 23.2 Å². The molecule has 3 rings (SSSR count). The molecule has 1 N–H and O–H groups in total. The molecule has 1 aromatic heterocycles. The van der Waals surface area contributed by atoms with Gasteiger partial charge in [0.1, 0.15) is 23.4 Å². The second kappa shape index (κ2) is 5.98. The third-order valence-electron chi connectivity index (χ3n) is 3.00. The fourth-order valence-corrected chi connectivity index (χ4v) is 3.59. The van der Waals surface area contributed by atoms with Crippen LogP contribution in [0.15, 0.2) is 60.0 Å². The van der Waals surface area contributed by atoms with Crippen LogP contribution in [0.1, 0.15) is 0 Å². The maximum absolute atomic E-state index is 13.1. The minimum atomic E-state index is -3.98. The number of anilines is 1. The van der Waals surface area contributed by atoms with Crippen molar-refractivity contribution < 1.29 is 12.8 Å². The third-order valence-corrected chi connectivity index (χ3v) is 4.85. The van der Waals surface area contributed by atoms with Crippen molar-refractivity contribution in [2.75, 3.05) is 4.72 Å². The third kappa shape index (κ3) is 3.17. The largest absolute Gasteiger partial charge is 0.277 e. The first-order chi connectivity index (χ1) is 11.0. The number of rotatable bonds is 4. The van der Waals surface area contributed by atoms with Gasteiger partial charge in [-0.2, -0.15) is 5.10 Å². The van der Waals surface area contributed by atoms with E-state index in [4.69, 9.17) is 11.6 Å². The molecule has 0 radical (unpaired) electrons. The van der Waals surface area contributed by atoms with Gasteiger partial charge in [0.15, 0.2) is 0 Å². The van der Waals surface area contributed by atoms with Crippen molar-refractivity contribution >= 4 is 27.3 Å². The summed E-state index contributed by atoms with van der Waals surface area (Å²) >= 11 is 5.83. The SMILES string of the molecule is O=S(=O)(Nc1ccccc1-n1cncn1)c1ccc(F)cc1Cl. The number of aromatic nitrogens is 3. The predicted molar refractivity (Wildman–Crippen MR) is 83.6 cm³/mol. The highest BCUT2D eigenvalue weighted by molar-refractivity contribution is 7.92. The molecule has 23 heavy (non-hydrogen) atoms. The van der Waals surface area contributed by atoms with E-state index in [9.17, 15) is 12.8 Å². The van der Waals surface area contributed by atoms with Crippen molar-refractivity contribution in [3.63, 3.8) is 0 Å². The van der Waals surface area contributed by atoms with Crippen LogP contribution in [0.25, 0.3) is 5.69 Å². The Balaban J connectivity index is 2.02. The summed E-state index contributed by atoms with van der Waals surface area (Å²) in [6.45, 7) is 0. The quantitative estimate of drug-likeness (QED) is 0.783. The topological polar surface area (TPSA) is 76.9 Å². The number of hydrogen-bond acceptors (Lipinski definition) is 4. The summed E-state index contributed by atoms with van der Waals surface area (Å²) in [6, 6.07) is 9.75. The van der Waals surface area contributed by atoms with E-state index in [2.05, 4.69) is 14.8 Å². The van der Waals surface area contributed by atoms with Gasteiger partial charge in [0.2, 0.25) is 0 Å². The molecule has 3 aromatic rings. The zero-order valence-electron chi connectivity index (χ0n) is 11.5. The van der Waals surface area contributed by atoms with Gasteiger partial charge in [-0.25, -0.2) is 22.5 Å². The number of sulfonamides is 1. The average Bonchev–Trinajstić information content (AvgIpc) is 3.01. The van der Waals surface area contributed by atoms with Crippen LogP contribution in [0.3, 0.4) is 0 Å². The lowest BCUT2D eigenvalue weighted by Gasteiger charge is -2.13. The van der Waals surface area contributed by atoms with Crippen LogP contribution in [0.4, 0.5) is 10.1 Å². The molecule has 2 aromatic carbocycles. The number of nitrogens with zero attached hydrogens (tertiary/aromatic N) is 3. The molecule has 0 aliphatic carbocycles. The van der Waals surface area contributed by atoms with Crippen LogP contribution in [0.5, 0.6) is 0 Å². The molecule has 9 heteroatoms. The van der Waals surface area contributed by atoms with Crippen molar-refractivity contribution in [2.45, 2.75) is 4.90 Å². The lowest BCUT2D eigenvalue weighted by molar-refractivity contribution is 0.599. The Kier molecular flexibility index (Phi) is 4.01. The van der Waals surface area contributed by atoms with Crippen molar-refractivity contribution in [2.24, 2.45) is 0 Å². The standard InChI is InChI=1S/C14H10ClFN4O2S/c15-11-7-10(16)5-6-14(11)23(21,22)19-12-3-1-2-4-13(12)20-9-17-8-18-20/h1-9,19H. The van der Waals surface area contributed by atoms with E-state index in [-0.39, 0.29) is 9.92 Å². The molecule has 0 aliphatic rings. The van der Waals surface area contributed by atoms with Crippen molar-refractivity contribution in [1.29, 1.82) is 0 Å². The minimum Gasteiger partial charge on any atom is -0.277 e. The Labute approximate surface area is 136 Å². The molecule has 0 saturated heterocycles. The van der Waals surface area contributed by atoms with Crippen LogP contribution in [-0.2, 0) is 10.0 Å². The smallest absolute Gasteiger partial charge is 0.263 e. The minimum absolute atomic E-state index is 0.198. The van der Waals surface area contributed by atoms with Crippen LogP contribution < -0.4 is 4.72 Å². The Morgan fingerprint density at radius 3 is 2.65 bits per heavy atom. The summed E-state index contributed by atoms with van der Waals surface area (Å²) in [6.07, 6.45) is 2.78. The van der Waals surface area contributed by atoms with Gasteiger partial charge in [-0.05, 0) is 30.3 Å². The van der Waals surface area contributed by atoms with E-state index >= 15 is 0 Å². The van der Waals surface area contributed by atoms with Gasteiger partial charge in [0, 0.05) is 0 Å². The number of nitrogens with one attached hydrogen (secondary N) is 1. The molecule has 0 atom stereocenters. The van der Waals surface area contributed by atoms with E-state index in [0.717, 1.165) is 18.2 Å². The zero-order chi connectivity index (χ0) is 16.4. The maximum atomic E-state index is 13.1. The van der Waals surface area contributed by atoms with Crippen molar-refractivity contribution in [3.8, 4) is 5.69 Å². The predicted octanol–water partition coefficient (Wildman–Crippen LogP) is 2.86. The first-order valence-corrected chi connectivity index (χ1v) is 8.25. The molecular formula is C14H10ClFN4O2S. The van der Waals surface area contributed by atoms with E-state index in [1.165, 1.54) is 17.3 Å². The van der Waals surface area contributed by atoms with E-state index < -0.39 is 15.8 Å². The van der Waals surface area contributed by atoms with Crippen molar-refractivity contribution in [3.05, 3.63) is 66.0 Å². The molecule has 0 spiro atoms. The fraction of sp³-hybridized carbons (Fsp3) is 0. The highest BCUT2D eigenvalue weighted by Gasteiger charge is 2.20. The fourth-order valence-electron chi connectivity index (χ4n) is 1.99. The number of benzene rings is 2. The molecule has 0 saturated carbocycles. The van der Waals surface area contributed by atoms with Gasteiger partial charge in [-0.15, -0.1) is 0 Å². The summed E-state index contributed by atoms with van der Waals surface area (Å²) in [5, 5.41) is 3.78. The monoisotopic (exact) mass is 352 g/mol. The van der Waals surface area contributed by atoms with Crippen LogP contribution in [0, 0.1) is 5.82 Å². The molecule has 6 nitrogen and oxygen atoms in total. The van der Waals surface area contributed by atoms with Gasteiger partial charge < -0.3 is 0 Å². The molecule has 0 amide bonds. The average molecular weight is 353 g/mol.